The number of fused-ring (bicyclic) bond motifs is 1. The van der Waals surface area contributed by atoms with E-state index in [1.54, 1.807) is 0 Å². The van der Waals surface area contributed by atoms with Gasteiger partial charge in [0.2, 0.25) is 0 Å². The van der Waals surface area contributed by atoms with Crippen molar-refractivity contribution in [1.82, 2.24) is 10.3 Å². The van der Waals surface area contributed by atoms with Gasteiger partial charge in [0.05, 0.1) is 5.52 Å². The molecule has 17 heavy (non-hydrogen) atoms. The fourth-order valence-electron chi connectivity index (χ4n) is 2.21. The van der Waals surface area contributed by atoms with Crippen LogP contribution >= 0.6 is 0 Å². The number of hydrogen-bond acceptors (Lipinski definition) is 2. The maximum absolute atomic E-state index is 4.41. The number of rotatable bonds is 5. The van der Waals surface area contributed by atoms with E-state index in [-0.39, 0.29) is 0 Å². The average Bonchev–Trinajstić information content (AvgIpc) is 2.40. The van der Waals surface area contributed by atoms with Crippen LogP contribution in [0.1, 0.15) is 38.3 Å². The molecule has 1 heterocycles. The number of para-hydroxylation sites is 1. The van der Waals surface area contributed by atoms with Crippen molar-refractivity contribution in [3.8, 4) is 0 Å². The SMILES string of the molecule is CCCNC(CC)c1ccnc2ccccc12. The normalized spacial score (nSPS) is 12.8. The molecule has 0 aliphatic heterocycles. The topological polar surface area (TPSA) is 24.9 Å². The summed E-state index contributed by atoms with van der Waals surface area (Å²) < 4.78 is 0. The van der Waals surface area contributed by atoms with Crippen LogP contribution in [-0.2, 0) is 0 Å². The van der Waals surface area contributed by atoms with Crippen LogP contribution < -0.4 is 5.32 Å². The molecule has 2 rings (SSSR count). The van der Waals surface area contributed by atoms with Gasteiger partial charge < -0.3 is 5.32 Å². The predicted molar refractivity (Wildman–Crippen MR) is 73.1 cm³/mol. The highest BCUT2D eigenvalue weighted by molar-refractivity contribution is 5.82. The summed E-state index contributed by atoms with van der Waals surface area (Å²) in [4.78, 5) is 4.41. The second kappa shape index (κ2) is 5.78. The Morgan fingerprint density at radius 1 is 1.18 bits per heavy atom. The number of benzene rings is 1. The van der Waals surface area contributed by atoms with Crippen LogP contribution in [0.4, 0.5) is 0 Å². The van der Waals surface area contributed by atoms with Gasteiger partial charge >= 0.3 is 0 Å². The summed E-state index contributed by atoms with van der Waals surface area (Å²) in [6.07, 6.45) is 4.18. The number of pyridine rings is 1. The minimum atomic E-state index is 0.433. The lowest BCUT2D eigenvalue weighted by Crippen LogP contribution is -2.21. The molecule has 2 aromatic rings. The van der Waals surface area contributed by atoms with Gasteiger partial charge in [-0.3, -0.25) is 4.98 Å². The van der Waals surface area contributed by atoms with Gasteiger partial charge in [0.25, 0.3) is 0 Å². The minimum Gasteiger partial charge on any atom is -0.310 e. The van der Waals surface area contributed by atoms with Crippen molar-refractivity contribution in [3.05, 3.63) is 42.1 Å². The molecule has 0 fully saturated rings. The largest absolute Gasteiger partial charge is 0.310 e. The highest BCUT2D eigenvalue weighted by Crippen LogP contribution is 2.24. The highest BCUT2D eigenvalue weighted by Gasteiger charge is 2.11. The maximum atomic E-state index is 4.41. The van der Waals surface area contributed by atoms with Crippen molar-refractivity contribution in [2.24, 2.45) is 0 Å². The first-order chi connectivity index (χ1) is 8.36. The molecular formula is C15H20N2. The van der Waals surface area contributed by atoms with E-state index >= 15 is 0 Å². The number of nitrogens with one attached hydrogen (secondary N) is 1. The Labute approximate surface area is 103 Å². The van der Waals surface area contributed by atoms with Crippen LogP contribution in [0.5, 0.6) is 0 Å². The molecule has 90 valence electrons. The molecule has 1 aromatic carbocycles. The fourth-order valence-corrected chi connectivity index (χ4v) is 2.21. The van der Waals surface area contributed by atoms with Crippen molar-refractivity contribution in [1.29, 1.82) is 0 Å². The summed E-state index contributed by atoms with van der Waals surface area (Å²) in [6.45, 7) is 5.49. The summed E-state index contributed by atoms with van der Waals surface area (Å²) >= 11 is 0. The summed E-state index contributed by atoms with van der Waals surface area (Å²) in [7, 11) is 0. The molecule has 1 unspecified atom stereocenters. The van der Waals surface area contributed by atoms with Crippen LogP contribution in [0.15, 0.2) is 36.5 Å². The summed E-state index contributed by atoms with van der Waals surface area (Å²) in [5.41, 5.74) is 2.45. The Morgan fingerprint density at radius 2 is 2.00 bits per heavy atom. The molecule has 0 bridgehead atoms. The summed E-state index contributed by atoms with van der Waals surface area (Å²) in [5.74, 6) is 0. The standard InChI is InChI=1S/C15H20N2/c1-3-10-16-14(4-2)13-9-11-17-15-8-6-5-7-12(13)15/h5-9,11,14,16H,3-4,10H2,1-2H3. The van der Waals surface area contributed by atoms with Crippen LogP contribution in [0.2, 0.25) is 0 Å². The van der Waals surface area contributed by atoms with E-state index in [1.807, 2.05) is 12.3 Å². The highest BCUT2D eigenvalue weighted by atomic mass is 14.9. The molecule has 2 heteroatoms. The Balaban J connectivity index is 2.38. The first-order valence-corrected chi connectivity index (χ1v) is 6.43. The van der Waals surface area contributed by atoms with Gasteiger partial charge in [0.15, 0.2) is 0 Å². The molecule has 0 saturated heterocycles. The molecule has 0 aliphatic carbocycles. The van der Waals surface area contributed by atoms with Crippen LogP contribution in [0.3, 0.4) is 0 Å². The molecule has 0 radical (unpaired) electrons. The van der Waals surface area contributed by atoms with E-state index in [1.165, 1.54) is 17.4 Å². The molecule has 1 aromatic heterocycles. The Morgan fingerprint density at radius 3 is 2.76 bits per heavy atom. The third kappa shape index (κ3) is 2.64. The van der Waals surface area contributed by atoms with Crippen molar-refractivity contribution in [3.63, 3.8) is 0 Å². The molecule has 0 saturated carbocycles. The fraction of sp³-hybridized carbons (Fsp3) is 0.400. The lowest BCUT2D eigenvalue weighted by atomic mass is 10.00. The number of aromatic nitrogens is 1. The van der Waals surface area contributed by atoms with E-state index < -0.39 is 0 Å². The van der Waals surface area contributed by atoms with Crippen molar-refractivity contribution < 1.29 is 0 Å². The minimum absolute atomic E-state index is 0.433. The molecule has 1 N–H and O–H groups in total. The lowest BCUT2D eigenvalue weighted by Gasteiger charge is -2.18. The molecule has 0 amide bonds. The maximum Gasteiger partial charge on any atom is 0.0705 e. The van der Waals surface area contributed by atoms with E-state index in [2.05, 4.69) is 48.4 Å². The van der Waals surface area contributed by atoms with Crippen molar-refractivity contribution in [2.45, 2.75) is 32.7 Å². The third-order valence-corrected chi connectivity index (χ3v) is 3.11. The molecular weight excluding hydrogens is 208 g/mol. The monoisotopic (exact) mass is 228 g/mol. The zero-order chi connectivity index (χ0) is 12.1. The van der Waals surface area contributed by atoms with Gasteiger partial charge in [-0.1, -0.05) is 32.0 Å². The van der Waals surface area contributed by atoms with E-state index in [9.17, 15) is 0 Å². The second-order valence-electron chi connectivity index (χ2n) is 4.33. The van der Waals surface area contributed by atoms with E-state index in [0.717, 1.165) is 18.5 Å². The average molecular weight is 228 g/mol. The summed E-state index contributed by atoms with van der Waals surface area (Å²) in [5, 5.41) is 4.87. The first-order valence-electron chi connectivity index (χ1n) is 6.43. The van der Waals surface area contributed by atoms with E-state index in [4.69, 9.17) is 0 Å². The van der Waals surface area contributed by atoms with E-state index in [0.29, 0.717) is 6.04 Å². The quantitative estimate of drug-likeness (QED) is 0.844. The molecule has 2 nitrogen and oxygen atoms in total. The lowest BCUT2D eigenvalue weighted by molar-refractivity contribution is 0.521. The van der Waals surface area contributed by atoms with Crippen LogP contribution in [0, 0.1) is 0 Å². The first kappa shape index (κ1) is 12.1. The zero-order valence-electron chi connectivity index (χ0n) is 10.6. The predicted octanol–water partition coefficient (Wildman–Crippen LogP) is 3.69. The number of nitrogens with zero attached hydrogens (tertiary/aromatic N) is 1. The van der Waals surface area contributed by atoms with Crippen molar-refractivity contribution >= 4 is 10.9 Å². The van der Waals surface area contributed by atoms with Gasteiger partial charge in [0, 0.05) is 17.6 Å². The van der Waals surface area contributed by atoms with Gasteiger partial charge in [-0.25, -0.2) is 0 Å². The molecule has 0 spiro atoms. The Bertz CT molecular complexity index is 474. The van der Waals surface area contributed by atoms with Crippen molar-refractivity contribution in [2.75, 3.05) is 6.54 Å². The summed E-state index contributed by atoms with van der Waals surface area (Å²) in [6, 6.07) is 10.9. The molecule has 1 atom stereocenters. The zero-order valence-corrected chi connectivity index (χ0v) is 10.6. The third-order valence-electron chi connectivity index (χ3n) is 3.11. The second-order valence-corrected chi connectivity index (χ2v) is 4.33. The van der Waals surface area contributed by atoms with Gasteiger partial charge in [-0.2, -0.15) is 0 Å². The van der Waals surface area contributed by atoms with Gasteiger partial charge in [-0.15, -0.1) is 0 Å². The Kier molecular flexibility index (Phi) is 4.10. The Hall–Kier alpha value is -1.41. The molecule has 0 aliphatic rings. The van der Waals surface area contributed by atoms with Crippen LogP contribution in [0.25, 0.3) is 10.9 Å². The number of hydrogen-bond donors (Lipinski definition) is 1. The van der Waals surface area contributed by atoms with Gasteiger partial charge in [0.1, 0.15) is 0 Å². The van der Waals surface area contributed by atoms with Gasteiger partial charge in [-0.05, 0) is 37.1 Å². The smallest absolute Gasteiger partial charge is 0.0705 e. The van der Waals surface area contributed by atoms with Crippen LogP contribution in [-0.4, -0.2) is 11.5 Å².